The summed E-state index contributed by atoms with van der Waals surface area (Å²) in [4.78, 5) is 13.2. The number of amides is 2. The van der Waals surface area contributed by atoms with Gasteiger partial charge in [-0.1, -0.05) is 20.3 Å². The van der Waals surface area contributed by atoms with Gasteiger partial charge >= 0.3 is 6.03 Å². The minimum atomic E-state index is 0.0308. The number of nitrogens with zero attached hydrogens (tertiary/aromatic N) is 1. The van der Waals surface area contributed by atoms with Crippen molar-refractivity contribution in [3.8, 4) is 0 Å². The standard InChI is InChI=1S/C11H24N2O/c1-6-9(3)8-10(4)12-11(14)13(5)7-2/h9-10H,6-8H2,1-5H3,(H,12,14). The molecule has 0 saturated carbocycles. The first-order valence-electron chi connectivity index (χ1n) is 5.52. The van der Waals surface area contributed by atoms with Crippen LogP contribution in [-0.2, 0) is 0 Å². The van der Waals surface area contributed by atoms with Crippen molar-refractivity contribution in [1.29, 1.82) is 0 Å². The van der Waals surface area contributed by atoms with Crippen molar-refractivity contribution in [1.82, 2.24) is 10.2 Å². The van der Waals surface area contributed by atoms with Gasteiger partial charge in [-0.3, -0.25) is 0 Å². The van der Waals surface area contributed by atoms with E-state index in [1.165, 1.54) is 6.42 Å². The highest BCUT2D eigenvalue weighted by molar-refractivity contribution is 5.74. The van der Waals surface area contributed by atoms with E-state index in [0.717, 1.165) is 13.0 Å². The molecule has 0 heterocycles. The topological polar surface area (TPSA) is 32.3 Å². The third kappa shape index (κ3) is 5.10. The Balaban J connectivity index is 3.82. The highest BCUT2D eigenvalue weighted by Gasteiger charge is 2.12. The Kier molecular flexibility index (Phi) is 6.34. The van der Waals surface area contributed by atoms with E-state index < -0.39 is 0 Å². The third-order valence-corrected chi connectivity index (χ3v) is 2.64. The van der Waals surface area contributed by atoms with Crippen LogP contribution in [0.15, 0.2) is 0 Å². The van der Waals surface area contributed by atoms with E-state index >= 15 is 0 Å². The van der Waals surface area contributed by atoms with Crippen molar-refractivity contribution < 1.29 is 4.79 Å². The van der Waals surface area contributed by atoms with Crippen molar-refractivity contribution >= 4 is 6.03 Å². The molecule has 84 valence electrons. The average molecular weight is 200 g/mol. The molecule has 0 aliphatic heterocycles. The van der Waals surface area contributed by atoms with Crippen molar-refractivity contribution in [2.75, 3.05) is 13.6 Å². The van der Waals surface area contributed by atoms with Gasteiger partial charge in [0.2, 0.25) is 0 Å². The summed E-state index contributed by atoms with van der Waals surface area (Å²) in [5.74, 6) is 0.678. The highest BCUT2D eigenvalue weighted by Crippen LogP contribution is 2.09. The molecule has 0 spiro atoms. The first-order valence-corrected chi connectivity index (χ1v) is 5.52. The summed E-state index contributed by atoms with van der Waals surface area (Å²) < 4.78 is 0. The van der Waals surface area contributed by atoms with Crippen LogP contribution >= 0.6 is 0 Å². The summed E-state index contributed by atoms with van der Waals surface area (Å²) in [6.07, 6.45) is 2.23. The van der Waals surface area contributed by atoms with E-state index in [4.69, 9.17) is 0 Å². The largest absolute Gasteiger partial charge is 0.336 e. The Labute approximate surface area is 87.9 Å². The molecule has 0 aromatic heterocycles. The predicted molar refractivity (Wildman–Crippen MR) is 60.4 cm³/mol. The van der Waals surface area contributed by atoms with Crippen molar-refractivity contribution in [2.24, 2.45) is 5.92 Å². The number of carbonyl (C=O) groups excluding carboxylic acids is 1. The molecule has 3 heteroatoms. The fourth-order valence-electron chi connectivity index (χ4n) is 1.29. The van der Waals surface area contributed by atoms with Crippen LogP contribution in [0.1, 0.15) is 40.5 Å². The normalized spacial score (nSPS) is 14.6. The summed E-state index contributed by atoms with van der Waals surface area (Å²) >= 11 is 0. The van der Waals surface area contributed by atoms with Gasteiger partial charge in [0.05, 0.1) is 0 Å². The van der Waals surface area contributed by atoms with Crippen LogP contribution in [0, 0.1) is 5.92 Å². The van der Waals surface area contributed by atoms with E-state index in [-0.39, 0.29) is 12.1 Å². The van der Waals surface area contributed by atoms with Crippen LogP contribution in [0.3, 0.4) is 0 Å². The van der Waals surface area contributed by atoms with Crippen LogP contribution in [0.25, 0.3) is 0 Å². The molecule has 2 atom stereocenters. The van der Waals surface area contributed by atoms with Crippen LogP contribution in [0.4, 0.5) is 4.79 Å². The maximum Gasteiger partial charge on any atom is 0.317 e. The number of rotatable bonds is 5. The quantitative estimate of drug-likeness (QED) is 0.726. The minimum absolute atomic E-state index is 0.0308. The molecule has 1 N–H and O–H groups in total. The van der Waals surface area contributed by atoms with Gasteiger partial charge in [0.25, 0.3) is 0 Å². The molecule has 0 aliphatic carbocycles. The maximum absolute atomic E-state index is 11.5. The fourth-order valence-corrected chi connectivity index (χ4v) is 1.29. The maximum atomic E-state index is 11.5. The molecule has 0 aromatic rings. The van der Waals surface area contributed by atoms with Crippen LogP contribution < -0.4 is 5.32 Å². The second kappa shape index (κ2) is 6.68. The smallest absolute Gasteiger partial charge is 0.317 e. The minimum Gasteiger partial charge on any atom is -0.336 e. The van der Waals surface area contributed by atoms with E-state index in [0.29, 0.717) is 5.92 Å². The van der Waals surface area contributed by atoms with Gasteiger partial charge in [-0.15, -0.1) is 0 Å². The Hall–Kier alpha value is -0.730. The summed E-state index contributed by atoms with van der Waals surface area (Å²) in [5.41, 5.74) is 0. The lowest BCUT2D eigenvalue weighted by molar-refractivity contribution is 0.205. The van der Waals surface area contributed by atoms with Crippen LogP contribution in [0.5, 0.6) is 0 Å². The Morgan fingerprint density at radius 3 is 2.36 bits per heavy atom. The van der Waals surface area contributed by atoms with Gasteiger partial charge in [0, 0.05) is 19.6 Å². The Morgan fingerprint density at radius 1 is 1.36 bits per heavy atom. The van der Waals surface area contributed by atoms with Crippen molar-refractivity contribution in [2.45, 2.75) is 46.6 Å². The molecule has 0 saturated heterocycles. The first kappa shape index (κ1) is 13.3. The molecule has 2 unspecified atom stereocenters. The number of urea groups is 1. The van der Waals surface area contributed by atoms with Gasteiger partial charge in [-0.2, -0.15) is 0 Å². The number of nitrogens with one attached hydrogen (secondary N) is 1. The zero-order valence-electron chi connectivity index (χ0n) is 10.1. The second-order valence-corrected chi connectivity index (χ2v) is 4.11. The van der Waals surface area contributed by atoms with Crippen molar-refractivity contribution in [3.05, 3.63) is 0 Å². The molecule has 0 radical (unpaired) electrons. The number of hydrogen-bond acceptors (Lipinski definition) is 1. The van der Waals surface area contributed by atoms with Gasteiger partial charge in [-0.05, 0) is 26.2 Å². The SMILES string of the molecule is CCC(C)CC(C)NC(=O)N(C)CC. The monoisotopic (exact) mass is 200 g/mol. The summed E-state index contributed by atoms with van der Waals surface area (Å²) in [7, 11) is 1.81. The van der Waals surface area contributed by atoms with Crippen LogP contribution in [0.2, 0.25) is 0 Å². The zero-order chi connectivity index (χ0) is 11.1. The Bertz CT molecular complexity index is 171. The zero-order valence-corrected chi connectivity index (χ0v) is 10.1. The average Bonchev–Trinajstić information content (AvgIpc) is 2.15. The number of hydrogen-bond donors (Lipinski definition) is 1. The summed E-state index contributed by atoms with van der Waals surface area (Å²) in [6.45, 7) is 9.18. The highest BCUT2D eigenvalue weighted by atomic mass is 16.2. The van der Waals surface area contributed by atoms with E-state index in [9.17, 15) is 4.79 Å². The van der Waals surface area contributed by atoms with E-state index in [1.807, 2.05) is 14.0 Å². The number of carbonyl (C=O) groups is 1. The molecular weight excluding hydrogens is 176 g/mol. The van der Waals surface area contributed by atoms with Crippen molar-refractivity contribution in [3.63, 3.8) is 0 Å². The lowest BCUT2D eigenvalue weighted by Crippen LogP contribution is -2.42. The van der Waals surface area contributed by atoms with Gasteiger partial charge in [0.15, 0.2) is 0 Å². The van der Waals surface area contributed by atoms with Gasteiger partial charge < -0.3 is 10.2 Å². The second-order valence-electron chi connectivity index (χ2n) is 4.11. The van der Waals surface area contributed by atoms with E-state index in [2.05, 4.69) is 26.1 Å². The van der Waals surface area contributed by atoms with Crippen LogP contribution in [-0.4, -0.2) is 30.6 Å². The molecule has 0 bridgehead atoms. The lowest BCUT2D eigenvalue weighted by atomic mass is 10.0. The molecule has 2 amide bonds. The Morgan fingerprint density at radius 2 is 1.93 bits per heavy atom. The molecule has 14 heavy (non-hydrogen) atoms. The molecule has 0 aliphatic rings. The van der Waals surface area contributed by atoms with E-state index in [1.54, 1.807) is 4.90 Å². The summed E-state index contributed by atoms with van der Waals surface area (Å²) in [6, 6.07) is 0.301. The first-order chi connectivity index (χ1) is 6.51. The molecule has 0 fully saturated rings. The third-order valence-electron chi connectivity index (χ3n) is 2.64. The predicted octanol–water partition coefficient (Wildman–Crippen LogP) is 2.47. The summed E-state index contributed by atoms with van der Waals surface area (Å²) in [5, 5.41) is 2.98. The van der Waals surface area contributed by atoms with Gasteiger partial charge in [0.1, 0.15) is 0 Å². The molecule has 3 nitrogen and oxygen atoms in total. The molecule has 0 rings (SSSR count). The lowest BCUT2D eigenvalue weighted by Gasteiger charge is -2.21. The molecular formula is C11H24N2O. The van der Waals surface area contributed by atoms with Gasteiger partial charge in [-0.25, -0.2) is 4.79 Å². The molecule has 0 aromatic carbocycles. The fraction of sp³-hybridized carbons (Fsp3) is 0.909.